The molecule has 3 nitrogen and oxygen atoms in total. The minimum absolute atomic E-state index is 0.00608. The SMILES string of the molecule is OCC1CN(c2nccc3ccc(F)cc23)CCC1(F)F. The molecule has 1 aliphatic heterocycles. The van der Waals surface area contributed by atoms with Gasteiger partial charge in [-0.3, -0.25) is 0 Å². The highest BCUT2D eigenvalue weighted by Gasteiger charge is 2.44. The standard InChI is InChI=1S/C15H15F3N2O/c16-12-2-1-10-3-5-19-14(13(10)7-12)20-6-4-15(17,18)11(8-20)9-21/h1-3,5,7,11,21H,4,6,8-9H2. The maximum atomic E-state index is 13.7. The maximum absolute atomic E-state index is 13.7. The van der Waals surface area contributed by atoms with Gasteiger partial charge in [-0.1, -0.05) is 6.07 Å². The van der Waals surface area contributed by atoms with Gasteiger partial charge in [0, 0.05) is 31.1 Å². The molecule has 1 aliphatic rings. The molecule has 21 heavy (non-hydrogen) atoms. The van der Waals surface area contributed by atoms with Crippen LogP contribution >= 0.6 is 0 Å². The fourth-order valence-corrected chi connectivity index (χ4v) is 2.74. The fraction of sp³-hybridized carbons (Fsp3) is 0.400. The van der Waals surface area contributed by atoms with Gasteiger partial charge in [-0.05, 0) is 23.6 Å². The van der Waals surface area contributed by atoms with Crippen LogP contribution in [0.25, 0.3) is 10.8 Å². The minimum Gasteiger partial charge on any atom is -0.396 e. The van der Waals surface area contributed by atoms with E-state index in [0.29, 0.717) is 11.2 Å². The molecule has 6 heteroatoms. The fourth-order valence-electron chi connectivity index (χ4n) is 2.74. The van der Waals surface area contributed by atoms with E-state index in [1.54, 1.807) is 23.2 Å². The largest absolute Gasteiger partial charge is 0.396 e. The molecule has 2 heterocycles. The first-order valence-corrected chi connectivity index (χ1v) is 6.79. The molecule has 2 aromatic rings. The Morgan fingerprint density at radius 2 is 2.14 bits per heavy atom. The molecule has 0 aliphatic carbocycles. The summed E-state index contributed by atoms with van der Waals surface area (Å²) in [5.41, 5.74) is 0. The second-order valence-corrected chi connectivity index (χ2v) is 5.34. The first-order chi connectivity index (χ1) is 10.0. The summed E-state index contributed by atoms with van der Waals surface area (Å²) >= 11 is 0. The van der Waals surface area contributed by atoms with Gasteiger partial charge in [-0.2, -0.15) is 0 Å². The number of aliphatic hydroxyl groups is 1. The molecular weight excluding hydrogens is 281 g/mol. The van der Waals surface area contributed by atoms with Crippen LogP contribution in [0.1, 0.15) is 6.42 Å². The Kier molecular flexibility index (Phi) is 3.49. The van der Waals surface area contributed by atoms with Crippen molar-refractivity contribution in [2.75, 3.05) is 24.6 Å². The van der Waals surface area contributed by atoms with E-state index in [0.717, 1.165) is 5.39 Å². The topological polar surface area (TPSA) is 36.4 Å². The lowest BCUT2D eigenvalue weighted by Crippen LogP contribution is -2.49. The summed E-state index contributed by atoms with van der Waals surface area (Å²) in [7, 11) is 0. The number of rotatable bonds is 2. The van der Waals surface area contributed by atoms with Crippen LogP contribution in [0.5, 0.6) is 0 Å². The number of halogens is 3. The predicted octanol–water partition coefficient (Wildman–Crippen LogP) is 2.83. The van der Waals surface area contributed by atoms with E-state index >= 15 is 0 Å². The number of piperidine rings is 1. The Morgan fingerprint density at radius 3 is 2.90 bits per heavy atom. The molecule has 1 aromatic carbocycles. The van der Waals surface area contributed by atoms with Crippen molar-refractivity contribution < 1.29 is 18.3 Å². The van der Waals surface area contributed by atoms with Crippen LogP contribution in [-0.2, 0) is 0 Å². The summed E-state index contributed by atoms with van der Waals surface area (Å²) in [6.07, 6.45) is 1.24. The number of aliphatic hydroxyl groups excluding tert-OH is 1. The second kappa shape index (κ2) is 5.18. The third-order valence-electron chi connectivity index (χ3n) is 3.98. The average Bonchev–Trinajstić information content (AvgIpc) is 2.46. The van der Waals surface area contributed by atoms with Crippen molar-refractivity contribution in [3.8, 4) is 0 Å². The maximum Gasteiger partial charge on any atom is 0.256 e. The third kappa shape index (κ3) is 2.55. The van der Waals surface area contributed by atoms with E-state index in [1.807, 2.05) is 0 Å². The molecular formula is C15H15F3N2O. The lowest BCUT2D eigenvalue weighted by molar-refractivity contribution is -0.0880. The minimum atomic E-state index is -2.87. The van der Waals surface area contributed by atoms with Crippen molar-refractivity contribution in [1.29, 1.82) is 0 Å². The molecule has 1 saturated heterocycles. The summed E-state index contributed by atoms with van der Waals surface area (Å²) in [6, 6.07) is 6.10. The molecule has 1 aromatic heterocycles. The molecule has 0 amide bonds. The molecule has 1 unspecified atom stereocenters. The number of hydrogen-bond acceptors (Lipinski definition) is 3. The van der Waals surface area contributed by atoms with E-state index in [9.17, 15) is 13.2 Å². The van der Waals surface area contributed by atoms with Crippen LogP contribution in [0.15, 0.2) is 30.5 Å². The molecule has 0 radical (unpaired) electrons. The highest BCUT2D eigenvalue weighted by atomic mass is 19.3. The number of hydrogen-bond donors (Lipinski definition) is 1. The lowest BCUT2D eigenvalue weighted by atomic mass is 9.94. The van der Waals surface area contributed by atoms with Crippen LogP contribution in [0.3, 0.4) is 0 Å². The average molecular weight is 296 g/mol. The van der Waals surface area contributed by atoms with Crippen LogP contribution in [0.4, 0.5) is 19.0 Å². The molecule has 0 spiro atoms. The van der Waals surface area contributed by atoms with Crippen molar-refractivity contribution in [3.63, 3.8) is 0 Å². The summed E-state index contributed by atoms with van der Waals surface area (Å²) in [5.74, 6) is -3.91. The van der Waals surface area contributed by atoms with Crippen molar-refractivity contribution in [3.05, 3.63) is 36.3 Å². The van der Waals surface area contributed by atoms with Gasteiger partial charge < -0.3 is 10.0 Å². The van der Waals surface area contributed by atoms with Gasteiger partial charge in [0.05, 0.1) is 12.5 Å². The van der Waals surface area contributed by atoms with Crippen molar-refractivity contribution in [2.45, 2.75) is 12.3 Å². The van der Waals surface area contributed by atoms with Crippen molar-refractivity contribution in [1.82, 2.24) is 4.98 Å². The number of alkyl halides is 2. The van der Waals surface area contributed by atoms with Gasteiger partial charge in [-0.25, -0.2) is 18.2 Å². The van der Waals surface area contributed by atoms with Gasteiger partial charge in [0.25, 0.3) is 5.92 Å². The van der Waals surface area contributed by atoms with Crippen LogP contribution < -0.4 is 4.90 Å². The Hall–Kier alpha value is -1.82. The first-order valence-electron chi connectivity index (χ1n) is 6.79. The number of aromatic nitrogens is 1. The highest BCUT2D eigenvalue weighted by Crippen LogP contribution is 2.36. The predicted molar refractivity (Wildman–Crippen MR) is 74.1 cm³/mol. The first kappa shape index (κ1) is 14.1. The zero-order valence-electron chi connectivity index (χ0n) is 11.3. The molecule has 0 bridgehead atoms. The monoisotopic (exact) mass is 296 g/mol. The van der Waals surface area contributed by atoms with Gasteiger partial charge in [0.15, 0.2) is 0 Å². The summed E-state index contributed by atoms with van der Waals surface area (Å²) in [6.45, 7) is -0.444. The Morgan fingerprint density at radius 1 is 1.33 bits per heavy atom. The number of pyridine rings is 1. The van der Waals surface area contributed by atoms with E-state index < -0.39 is 24.3 Å². The molecule has 1 fully saturated rings. The van der Waals surface area contributed by atoms with E-state index in [-0.39, 0.29) is 19.5 Å². The summed E-state index contributed by atoms with van der Waals surface area (Å²) in [4.78, 5) is 5.92. The molecule has 1 N–H and O–H groups in total. The molecule has 3 rings (SSSR count). The molecule has 0 saturated carbocycles. The summed E-state index contributed by atoms with van der Waals surface area (Å²) < 4.78 is 40.8. The number of anilines is 1. The third-order valence-corrected chi connectivity index (χ3v) is 3.98. The number of benzene rings is 1. The Balaban J connectivity index is 1.99. The summed E-state index contributed by atoms with van der Waals surface area (Å²) in [5, 5.41) is 10.6. The smallest absolute Gasteiger partial charge is 0.256 e. The van der Waals surface area contributed by atoms with E-state index in [1.165, 1.54) is 12.1 Å². The van der Waals surface area contributed by atoms with Crippen LogP contribution in [-0.4, -0.2) is 35.7 Å². The Bertz CT molecular complexity index is 662. The number of fused-ring (bicyclic) bond motifs is 1. The zero-order chi connectivity index (χ0) is 15.0. The lowest BCUT2D eigenvalue weighted by Gasteiger charge is -2.38. The second-order valence-electron chi connectivity index (χ2n) is 5.34. The zero-order valence-corrected chi connectivity index (χ0v) is 11.3. The van der Waals surface area contributed by atoms with Crippen LogP contribution in [0, 0.1) is 11.7 Å². The van der Waals surface area contributed by atoms with Crippen LogP contribution in [0.2, 0.25) is 0 Å². The van der Waals surface area contributed by atoms with Gasteiger partial charge in [0.1, 0.15) is 11.6 Å². The van der Waals surface area contributed by atoms with Gasteiger partial charge in [0.2, 0.25) is 0 Å². The highest BCUT2D eigenvalue weighted by molar-refractivity contribution is 5.92. The number of nitrogens with zero attached hydrogens (tertiary/aromatic N) is 2. The van der Waals surface area contributed by atoms with Gasteiger partial charge >= 0.3 is 0 Å². The van der Waals surface area contributed by atoms with Crippen molar-refractivity contribution >= 4 is 16.6 Å². The van der Waals surface area contributed by atoms with E-state index in [2.05, 4.69) is 4.98 Å². The van der Waals surface area contributed by atoms with Gasteiger partial charge in [-0.15, -0.1) is 0 Å². The molecule has 112 valence electrons. The normalized spacial score (nSPS) is 21.7. The quantitative estimate of drug-likeness (QED) is 0.926. The van der Waals surface area contributed by atoms with E-state index in [4.69, 9.17) is 5.11 Å². The Labute approximate surface area is 120 Å². The molecule has 1 atom stereocenters. The van der Waals surface area contributed by atoms with Crippen molar-refractivity contribution in [2.24, 2.45) is 5.92 Å².